The van der Waals surface area contributed by atoms with Gasteiger partial charge in [0.05, 0.1) is 7.11 Å². The molecule has 0 bridgehead atoms. The van der Waals surface area contributed by atoms with E-state index >= 15 is 0 Å². The number of piperidine rings is 1. The number of nitrogens with two attached hydrogens (primary N) is 1. The van der Waals surface area contributed by atoms with Crippen molar-refractivity contribution >= 4 is 0 Å². The molecule has 0 spiro atoms. The largest absolute Gasteiger partial charge is 0.496 e. The fourth-order valence-corrected chi connectivity index (χ4v) is 3.04. The molecule has 1 saturated heterocycles. The molecule has 2 rings (SSSR count). The first-order valence-corrected chi connectivity index (χ1v) is 7.24. The average Bonchev–Trinajstić information content (AvgIpc) is 2.47. The van der Waals surface area contributed by atoms with E-state index in [1.54, 1.807) is 7.11 Å². The first-order chi connectivity index (χ1) is 9.17. The number of hydrogen-bond donors (Lipinski definition) is 1. The summed E-state index contributed by atoms with van der Waals surface area (Å²) in [6.07, 6.45) is 1.24. The van der Waals surface area contributed by atoms with Crippen LogP contribution >= 0.6 is 0 Å². The zero-order chi connectivity index (χ0) is 13.8. The summed E-state index contributed by atoms with van der Waals surface area (Å²) in [4.78, 5) is 2.54. The molecule has 19 heavy (non-hydrogen) atoms. The van der Waals surface area contributed by atoms with Crippen LogP contribution in [0.3, 0.4) is 0 Å². The Labute approximate surface area is 116 Å². The summed E-state index contributed by atoms with van der Waals surface area (Å²) in [6, 6.07) is 8.70. The van der Waals surface area contributed by atoms with Crippen LogP contribution in [0.25, 0.3) is 0 Å². The fraction of sp³-hybridized carbons (Fsp3) is 0.625. The quantitative estimate of drug-likeness (QED) is 0.906. The van der Waals surface area contributed by atoms with E-state index in [1.807, 2.05) is 12.1 Å². The van der Waals surface area contributed by atoms with Gasteiger partial charge >= 0.3 is 0 Å². The van der Waals surface area contributed by atoms with Gasteiger partial charge in [-0.25, -0.2) is 0 Å². The Balaban J connectivity index is 2.13. The van der Waals surface area contributed by atoms with Crippen molar-refractivity contribution in [2.75, 3.05) is 26.7 Å². The van der Waals surface area contributed by atoms with Gasteiger partial charge in [0.15, 0.2) is 0 Å². The standard InChI is InChI=1S/C16H26N2O/c1-12-8-9-18(11-14(12)10-17)13(2)15-6-4-5-7-16(15)19-3/h4-7,12-14H,8-11,17H2,1-3H3. The van der Waals surface area contributed by atoms with Crippen molar-refractivity contribution in [3.63, 3.8) is 0 Å². The van der Waals surface area contributed by atoms with Crippen LogP contribution in [-0.4, -0.2) is 31.6 Å². The summed E-state index contributed by atoms with van der Waals surface area (Å²) in [5, 5.41) is 0. The number of nitrogens with zero attached hydrogens (tertiary/aromatic N) is 1. The minimum atomic E-state index is 0.387. The number of para-hydroxylation sites is 1. The molecule has 106 valence electrons. The Bertz CT molecular complexity index is 407. The lowest BCUT2D eigenvalue weighted by molar-refractivity contribution is 0.0967. The van der Waals surface area contributed by atoms with Crippen molar-refractivity contribution in [2.45, 2.75) is 26.3 Å². The minimum Gasteiger partial charge on any atom is -0.496 e. The number of methoxy groups -OCH3 is 1. The van der Waals surface area contributed by atoms with E-state index in [0.29, 0.717) is 12.0 Å². The van der Waals surface area contributed by atoms with Gasteiger partial charge in [0.25, 0.3) is 0 Å². The van der Waals surface area contributed by atoms with Gasteiger partial charge in [0.2, 0.25) is 0 Å². The van der Waals surface area contributed by atoms with Crippen LogP contribution in [-0.2, 0) is 0 Å². The highest BCUT2D eigenvalue weighted by molar-refractivity contribution is 5.35. The van der Waals surface area contributed by atoms with Gasteiger partial charge in [-0.15, -0.1) is 0 Å². The van der Waals surface area contributed by atoms with Crippen molar-refractivity contribution in [3.05, 3.63) is 29.8 Å². The highest BCUT2D eigenvalue weighted by Crippen LogP contribution is 2.33. The SMILES string of the molecule is COc1ccccc1C(C)N1CCC(C)C(CN)C1. The molecule has 3 unspecified atom stereocenters. The molecule has 3 heteroatoms. The smallest absolute Gasteiger partial charge is 0.123 e. The molecule has 2 N–H and O–H groups in total. The van der Waals surface area contributed by atoms with Crippen molar-refractivity contribution in [2.24, 2.45) is 17.6 Å². The number of likely N-dealkylation sites (tertiary alicyclic amines) is 1. The van der Waals surface area contributed by atoms with Gasteiger partial charge in [-0.05, 0) is 44.3 Å². The molecule has 1 heterocycles. The molecule has 3 atom stereocenters. The third kappa shape index (κ3) is 3.10. The average molecular weight is 262 g/mol. The summed E-state index contributed by atoms with van der Waals surface area (Å²) < 4.78 is 5.48. The van der Waals surface area contributed by atoms with Gasteiger partial charge in [-0.1, -0.05) is 25.1 Å². The van der Waals surface area contributed by atoms with Gasteiger partial charge in [-0.3, -0.25) is 4.90 Å². The zero-order valence-corrected chi connectivity index (χ0v) is 12.3. The highest BCUT2D eigenvalue weighted by atomic mass is 16.5. The van der Waals surface area contributed by atoms with Gasteiger partial charge in [-0.2, -0.15) is 0 Å². The third-order valence-corrected chi connectivity index (χ3v) is 4.58. The second kappa shape index (κ2) is 6.40. The van der Waals surface area contributed by atoms with E-state index in [0.717, 1.165) is 31.3 Å². The molecular weight excluding hydrogens is 236 g/mol. The number of rotatable bonds is 4. The number of hydrogen-bond acceptors (Lipinski definition) is 3. The molecule has 1 aromatic rings. The van der Waals surface area contributed by atoms with E-state index in [-0.39, 0.29) is 0 Å². The molecule has 1 aliphatic heterocycles. The molecule has 0 saturated carbocycles. The van der Waals surface area contributed by atoms with Crippen molar-refractivity contribution in [3.8, 4) is 5.75 Å². The van der Waals surface area contributed by atoms with Crippen molar-refractivity contribution in [1.82, 2.24) is 4.90 Å². The fourth-order valence-electron chi connectivity index (χ4n) is 3.04. The second-order valence-electron chi connectivity index (χ2n) is 5.67. The molecule has 3 nitrogen and oxygen atoms in total. The third-order valence-electron chi connectivity index (χ3n) is 4.58. The van der Waals surface area contributed by atoms with Crippen LogP contribution in [0.4, 0.5) is 0 Å². The first-order valence-electron chi connectivity index (χ1n) is 7.24. The highest BCUT2D eigenvalue weighted by Gasteiger charge is 2.29. The second-order valence-corrected chi connectivity index (χ2v) is 5.67. The topological polar surface area (TPSA) is 38.5 Å². The molecule has 0 aromatic heterocycles. The van der Waals surface area contributed by atoms with Crippen LogP contribution in [0.5, 0.6) is 5.75 Å². The molecule has 0 radical (unpaired) electrons. The van der Waals surface area contributed by atoms with Crippen LogP contribution < -0.4 is 10.5 Å². The monoisotopic (exact) mass is 262 g/mol. The van der Waals surface area contributed by atoms with E-state index < -0.39 is 0 Å². The van der Waals surface area contributed by atoms with Crippen molar-refractivity contribution < 1.29 is 4.74 Å². The van der Waals surface area contributed by atoms with Gasteiger partial charge < -0.3 is 10.5 Å². The predicted molar refractivity (Wildman–Crippen MR) is 79.3 cm³/mol. The van der Waals surface area contributed by atoms with Gasteiger partial charge in [0, 0.05) is 18.2 Å². The van der Waals surface area contributed by atoms with E-state index in [4.69, 9.17) is 10.5 Å². The molecular formula is C16H26N2O. The predicted octanol–water partition coefficient (Wildman–Crippen LogP) is 2.67. The zero-order valence-electron chi connectivity index (χ0n) is 12.3. The molecule has 0 aliphatic carbocycles. The Morgan fingerprint density at radius 2 is 2.16 bits per heavy atom. The first kappa shape index (κ1) is 14.4. The summed E-state index contributed by atoms with van der Waals surface area (Å²) >= 11 is 0. The molecule has 1 aromatic carbocycles. The molecule has 1 fully saturated rings. The lowest BCUT2D eigenvalue weighted by Gasteiger charge is -2.40. The Morgan fingerprint density at radius 3 is 2.84 bits per heavy atom. The molecule has 0 amide bonds. The van der Waals surface area contributed by atoms with Crippen molar-refractivity contribution in [1.29, 1.82) is 0 Å². The summed E-state index contributed by atoms with van der Waals surface area (Å²) in [7, 11) is 1.74. The lowest BCUT2D eigenvalue weighted by atomic mass is 9.86. The van der Waals surface area contributed by atoms with Crippen LogP contribution in [0.1, 0.15) is 31.9 Å². The van der Waals surface area contributed by atoms with Crippen LogP contribution in [0.2, 0.25) is 0 Å². The maximum atomic E-state index is 5.90. The van der Waals surface area contributed by atoms with E-state index in [9.17, 15) is 0 Å². The summed E-state index contributed by atoms with van der Waals surface area (Å²) in [5.41, 5.74) is 7.17. The van der Waals surface area contributed by atoms with Crippen LogP contribution in [0.15, 0.2) is 24.3 Å². The maximum Gasteiger partial charge on any atom is 0.123 e. The Kier molecular flexibility index (Phi) is 4.83. The van der Waals surface area contributed by atoms with E-state index in [1.165, 1.54) is 12.0 Å². The Hall–Kier alpha value is -1.06. The maximum absolute atomic E-state index is 5.90. The summed E-state index contributed by atoms with van der Waals surface area (Å²) in [5.74, 6) is 2.34. The lowest BCUT2D eigenvalue weighted by Crippen LogP contribution is -2.43. The normalized spacial score (nSPS) is 26.1. The minimum absolute atomic E-state index is 0.387. The van der Waals surface area contributed by atoms with Crippen LogP contribution in [0, 0.1) is 11.8 Å². The van der Waals surface area contributed by atoms with Gasteiger partial charge in [0.1, 0.15) is 5.75 Å². The Morgan fingerprint density at radius 1 is 1.42 bits per heavy atom. The number of benzene rings is 1. The van der Waals surface area contributed by atoms with E-state index in [2.05, 4.69) is 30.9 Å². The number of ether oxygens (including phenoxy) is 1. The summed E-state index contributed by atoms with van der Waals surface area (Å²) in [6.45, 7) is 7.62. The molecule has 1 aliphatic rings.